The molecule has 0 bridgehead atoms. The van der Waals surface area contributed by atoms with Gasteiger partial charge in [-0.05, 0) is 34.7 Å². The Morgan fingerprint density at radius 2 is 1.47 bits per heavy atom. The van der Waals surface area contributed by atoms with Crippen molar-refractivity contribution in [2.75, 3.05) is 0 Å². The van der Waals surface area contributed by atoms with E-state index >= 15 is 0 Å². The van der Waals surface area contributed by atoms with Crippen molar-refractivity contribution >= 4 is 32.5 Å². The zero-order valence-electron chi connectivity index (χ0n) is 9.98. The lowest BCUT2D eigenvalue weighted by molar-refractivity contribution is 0.104. The van der Waals surface area contributed by atoms with E-state index in [1.807, 2.05) is 36.4 Å². The van der Waals surface area contributed by atoms with Crippen LogP contribution in [-0.4, -0.2) is 5.78 Å². The van der Waals surface area contributed by atoms with E-state index in [2.05, 4.69) is 34.1 Å². The molecule has 0 amide bonds. The molecule has 0 N–H and O–H groups in total. The molecule has 0 atom stereocenters. The van der Waals surface area contributed by atoms with E-state index in [9.17, 15) is 4.79 Å². The third-order valence-corrected chi connectivity index (χ3v) is 4.16. The fraction of sp³-hybridized carbons (Fsp3) is 0. The topological polar surface area (TPSA) is 17.1 Å². The molecular formula is C17H9BrO. The Morgan fingerprint density at radius 1 is 0.737 bits per heavy atom. The lowest BCUT2D eigenvalue weighted by Gasteiger charge is -2.19. The minimum atomic E-state index is 0.117. The number of carbonyl (C=O) groups is 1. The minimum absolute atomic E-state index is 0.117. The number of fused-ring (bicyclic) bond motifs is 2. The highest BCUT2D eigenvalue weighted by atomic mass is 79.9. The van der Waals surface area contributed by atoms with Crippen LogP contribution in [0.15, 0.2) is 59.1 Å². The number of hydrogen-bond acceptors (Lipinski definition) is 1. The summed E-state index contributed by atoms with van der Waals surface area (Å²) < 4.78 is 0.996. The van der Waals surface area contributed by atoms with Crippen molar-refractivity contribution in [3.8, 4) is 11.1 Å². The summed E-state index contributed by atoms with van der Waals surface area (Å²) >= 11 is 3.49. The van der Waals surface area contributed by atoms with Gasteiger partial charge in [0.15, 0.2) is 5.78 Å². The summed E-state index contributed by atoms with van der Waals surface area (Å²) in [7, 11) is 0. The molecule has 1 aliphatic carbocycles. The number of benzene rings is 3. The second kappa shape index (κ2) is 3.78. The highest BCUT2D eigenvalue weighted by Gasteiger charge is 2.24. The molecule has 4 rings (SSSR count). The first kappa shape index (κ1) is 10.9. The van der Waals surface area contributed by atoms with Crippen LogP contribution >= 0.6 is 15.9 Å². The lowest BCUT2D eigenvalue weighted by atomic mass is 9.83. The maximum atomic E-state index is 12.6. The SMILES string of the molecule is O=C1c2ccc(Br)cc2-c2cccc3cccc1c23. The Hall–Kier alpha value is -1.93. The van der Waals surface area contributed by atoms with Crippen LogP contribution in [0.4, 0.5) is 0 Å². The first-order chi connectivity index (χ1) is 9.25. The predicted octanol–water partition coefficient (Wildman–Crippen LogP) is 4.81. The molecule has 0 spiro atoms. The quantitative estimate of drug-likeness (QED) is 0.455. The van der Waals surface area contributed by atoms with Crippen molar-refractivity contribution in [1.82, 2.24) is 0 Å². The number of ketones is 1. The monoisotopic (exact) mass is 308 g/mol. The minimum Gasteiger partial charge on any atom is -0.289 e. The van der Waals surface area contributed by atoms with Crippen LogP contribution in [0.3, 0.4) is 0 Å². The van der Waals surface area contributed by atoms with Gasteiger partial charge in [-0.15, -0.1) is 0 Å². The average Bonchev–Trinajstić information content (AvgIpc) is 2.44. The van der Waals surface area contributed by atoms with Gasteiger partial charge < -0.3 is 0 Å². The van der Waals surface area contributed by atoms with E-state index in [4.69, 9.17) is 0 Å². The van der Waals surface area contributed by atoms with Crippen molar-refractivity contribution < 1.29 is 4.79 Å². The van der Waals surface area contributed by atoms with Crippen LogP contribution in [-0.2, 0) is 0 Å². The maximum absolute atomic E-state index is 12.6. The predicted molar refractivity (Wildman–Crippen MR) is 80.5 cm³/mol. The highest BCUT2D eigenvalue weighted by Crippen LogP contribution is 2.40. The van der Waals surface area contributed by atoms with Crippen LogP contribution in [0.1, 0.15) is 15.9 Å². The second-order valence-electron chi connectivity index (χ2n) is 4.73. The van der Waals surface area contributed by atoms with Crippen LogP contribution in [0.2, 0.25) is 0 Å². The Morgan fingerprint density at radius 3 is 2.26 bits per heavy atom. The standard InChI is InChI=1S/C17H9BrO/c18-11-7-8-13-15(9-11)12-5-1-3-10-4-2-6-14(16(10)12)17(13)19/h1-9H. The summed E-state index contributed by atoms with van der Waals surface area (Å²) in [4.78, 5) is 12.6. The molecule has 0 fully saturated rings. The third kappa shape index (κ3) is 1.44. The molecule has 1 aliphatic rings. The number of carbonyl (C=O) groups excluding carboxylic acids is 1. The number of halogens is 1. The van der Waals surface area contributed by atoms with Gasteiger partial charge in [-0.3, -0.25) is 4.79 Å². The normalized spacial score (nSPS) is 12.6. The summed E-state index contributed by atoms with van der Waals surface area (Å²) in [5.74, 6) is 0.117. The Kier molecular flexibility index (Phi) is 2.18. The summed E-state index contributed by atoms with van der Waals surface area (Å²) in [5, 5.41) is 2.19. The van der Waals surface area contributed by atoms with Gasteiger partial charge in [0.2, 0.25) is 0 Å². The summed E-state index contributed by atoms with van der Waals surface area (Å²) in [6, 6.07) is 17.9. The molecule has 90 valence electrons. The average molecular weight is 309 g/mol. The number of hydrogen-bond donors (Lipinski definition) is 0. The maximum Gasteiger partial charge on any atom is 0.194 e. The Balaban J connectivity index is 2.25. The van der Waals surface area contributed by atoms with Gasteiger partial charge in [-0.2, -0.15) is 0 Å². The van der Waals surface area contributed by atoms with Crippen molar-refractivity contribution in [1.29, 1.82) is 0 Å². The fourth-order valence-electron chi connectivity index (χ4n) is 2.84. The van der Waals surface area contributed by atoms with Crippen molar-refractivity contribution in [2.24, 2.45) is 0 Å². The van der Waals surface area contributed by atoms with E-state index in [-0.39, 0.29) is 5.78 Å². The van der Waals surface area contributed by atoms with Gasteiger partial charge in [-0.25, -0.2) is 0 Å². The molecule has 0 saturated heterocycles. The van der Waals surface area contributed by atoms with Crippen LogP contribution in [0.25, 0.3) is 21.9 Å². The fourth-order valence-corrected chi connectivity index (χ4v) is 3.20. The van der Waals surface area contributed by atoms with Crippen molar-refractivity contribution in [3.05, 3.63) is 70.2 Å². The summed E-state index contributed by atoms with van der Waals surface area (Å²) in [6.45, 7) is 0. The molecule has 0 aliphatic heterocycles. The van der Waals surface area contributed by atoms with E-state index < -0.39 is 0 Å². The number of rotatable bonds is 0. The molecule has 0 radical (unpaired) electrons. The molecule has 3 aromatic carbocycles. The van der Waals surface area contributed by atoms with Gasteiger partial charge in [0.25, 0.3) is 0 Å². The molecule has 0 saturated carbocycles. The molecule has 0 heterocycles. The molecule has 3 aromatic rings. The van der Waals surface area contributed by atoms with Crippen LogP contribution < -0.4 is 0 Å². The van der Waals surface area contributed by atoms with Gasteiger partial charge >= 0.3 is 0 Å². The van der Waals surface area contributed by atoms with Crippen molar-refractivity contribution in [2.45, 2.75) is 0 Å². The van der Waals surface area contributed by atoms with Gasteiger partial charge in [0, 0.05) is 21.0 Å². The molecule has 0 aromatic heterocycles. The van der Waals surface area contributed by atoms with E-state index in [1.54, 1.807) is 0 Å². The van der Waals surface area contributed by atoms with Gasteiger partial charge in [-0.1, -0.05) is 52.3 Å². The zero-order valence-corrected chi connectivity index (χ0v) is 11.6. The van der Waals surface area contributed by atoms with Gasteiger partial charge in [0.1, 0.15) is 0 Å². The molecule has 2 heteroatoms. The second-order valence-corrected chi connectivity index (χ2v) is 5.64. The van der Waals surface area contributed by atoms with E-state index in [1.165, 1.54) is 0 Å². The molecule has 0 unspecified atom stereocenters. The van der Waals surface area contributed by atoms with Crippen LogP contribution in [0.5, 0.6) is 0 Å². The lowest BCUT2D eigenvalue weighted by Crippen LogP contribution is -2.09. The smallest absolute Gasteiger partial charge is 0.194 e. The summed E-state index contributed by atoms with van der Waals surface area (Å²) in [5.41, 5.74) is 3.75. The Labute approximate surface area is 119 Å². The van der Waals surface area contributed by atoms with Crippen LogP contribution in [0, 0.1) is 0 Å². The summed E-state index contributed by atoms with van der Waals surface area (Å²) in [6.07, 6.45) is 0. The molecular weight excluding hydrogens is 300 g/mol. The van der Waals surface area contributed by atoms with E-state index in [0.29, 0.717) is 0 Å². The first-order valence-corrected chi connectivity index (χ1v) is 6.91. The molecule has 1 nitrogen and oxygen atoms in total. The molecule has 19 heavy (non-hydrogen) atoms. The van der Waals surface area contributed by atoms with E-state index in [0.717, 1.165) is 37.5 Å². The Bertz CT molecular complexity index is 844. The van der Waals surface area contributed by atoms with Gasteiger partial charge in [0.05, 0.1) is 0 Å². The third-order valence-electron chi connectivity index (χ3n) is 3.67. The largest absolute Gasteiger partial charge is 0.289 e. The highest BCUT2D eigenvalue weighted by molar-refractivity contribution is 9.10. The zero-order chi connectivity index (χ0) is 13.0. The first-order valence-electron chi connectivity index (χ1n) is 6.12. The van der Waals surface area contributed by atoms with Crippen molar-refractivity contribution in [3.63, 3.8) is 0 Å².